The Kier molecular flexibility index (Phi) is 5.14. The van der Waals surface area contributed by atoms with E-state index < -0.39 is 0 Å². The monoisotopic (exact) mass is 364 g/mol. The molecule has 4 heteroatoms. The molecule has 0 aromatic heterocycles. The summed E-state index contributed by atoms with van der Waals surface area (Å²) in [7, 11) is 0. The summed E-state index contributed by atoms with van der Waals surface area (Å²) >= 11 is 5.91. The largest absolute Gasteiger partial charge is 0.507 e. The van der Waals surface area contributed by atoms with Crippen molar-refractivity contribution < 1.29 is 5.11 Å². The summed E-state index contributed by atoms with van der Waals surface area (Å²) in [5, 5.41) is 10.4. The van der Waals surface area contributed by atoms with Crippen molar-refractivity contribution in [3.63, 3.8) is 0 Å². The van der Waals surface area contributed by atoms with Crippen molar-refractivity contribution in [1.82, 2.24) is 4.90 Å². The van der Waals surface area contributed by atoms with Crippen LogP contribution in [0.5, 0.6) is 5.75 Å². The van der Waals surface area contributed by atoms with Crippen molar-refractivity contribution in [2.75, 3.05) is 19.6 Å². The van der Waals surface area contributed by atoms with E-state index in [4.69, 9.17) is 17.2 Å². The van der Waals surface area contributed by atoms with Crippen LogP contribution in [0.3, 0.4) is 0 Å². The Morgan fingerprint density at radius 2 is 1.65 bits per heavy atom. The topological polar surface area (TPSA) is 35.8 Å². The third-order valence-electron chi connectivity index (χ3n) is 5.37. The average Bonchev–Trinajstić information content (AvgIpc) is 3.00. The second-order valence-electron chi connectivity index (χ2n) is 7.15. The molecule has 0 radical (unpaired) electrons. The van der Waals surface area contributed by atoms with Crippen molar-refractivity contribution >= 4 is 22.8 Å². The van der Waals surface area contributed by atoms with Gasteiger partial charge in [-0.1, -0.05) is 61.1 Å². The van der Waals surface area contributed by atoms with Gasteiger partial charge in [-0.25, -0.2) is 0 Å². The van der Waals surface area contributed by atoms with Gasteiger partial charge in [0.05, 0.1) is 17.7 Å². The zero-order valence-electron chi connectivity index (χ0n) is 14.8. The molecule has 1 fully saturated rings. The Bertz CT molecular complexity index is 812. The first kappa shape index (κ1) is 17.4. The minimum Gasteiger partial charge on any atom is -0.507 e. The maximum absolute atomic E-state index is 10.4. The van der Waals surface area contributed by atoms with E-state index in [-0.39, 0.29) is 17.7 Å². The second-order valence-corrected chi connectivity index (χ2v) is 7.63. The smallest absolute Gasteiger partial charge is 0.124 e. The third kappa shape index (κ3) is 3.44. The highest BCUT2D eigenvalue weighted by Gasteiger charge is 2.37. The molecule has 134 valence electrons. The Balaban J connectivity index is 1.69. The first-order valence-electron chi connectivity index (χ1n) is 9.41. The number of thiocarbonyl (C=S) groups is 1. The number of aliphatic imine (C=N–C) groups is 1. The fraction of sp³-hybridized carbons (Fsp3) is 0.364. The van der Waals surface area contributed by atoms with Gasteiger partial charge in [-0.3, -0.25) is 4.99 Å². The van der Waals surface area contributed by atoms with Crippen molar-refractivity contribution in [2.24, 2.45) is 4.99 Å². The van der Waals surface area contributed by atoms with Gasteiger partial charge in [0.1, 0.15) is 5.75 Å². The highest BCUT2D eigenvalue weighted by molar-refractivity contribution is 7.80. The highest BCUT2D eigenvalue weighted by atomic mass is 32.1. The van der Waals surface area contributed by atoms with E-state index in [2.05, 4.69) is 17.0 Å². The lowest BCUT2D eigenvalue weighted by molar-refractivity contribution is 0.228. The SMILES string of the molecule is Oc1ccccc1C1=N[C@@H](CN2CCCCC2)C(=S)[C@@H]1c1ccccc1. The number of aromatic hydroxyl groups is 1. The van der Waals surface area contributed by atoms with Crippen LogP contribution in [0.4, 0.5) is 0 Å². The van der Waals surface area contributed by atoms with E-state index in [0.717, 1.165) is 41.3 Å². The van der Waals surface area contributed by atoms with Crippen LogP contribution in [0.15, 0.2) is 59.6 Å². The summed E-state index contributed by atoms with van der Waals surface area (Å²) in [5.74, 6) is 0.239. The number of piperidine rings is 1. The van der Waals surface area contributed by atoms with Gasteiger partial charge in [0.15, 0.2) is 0 Å². The van der Waals surface area contributed by atoms with E-state index in [0.29, 0.717) is 0 Å². The molecule has 0 saturated carbocycles. The van der Waals surface area contributed by atoms with Crippen LogP contribution in [0, 0.1) is 0 Å². The standard InChI is InChI=1S/C22H24N2OS/c25-19-12-6-5-11-17(19)21-20(16-9-3-1-4-10-16)22(26)18(23-21)15-24-13-7-2-8-14-24/h1,3-6,9-12,18,20,25H,2,7-8,13-15H2/t18-,20+/m0/s1. The maximum Gasteiger partial charge on any atom is 0.124 e. The normalized spacial score (nSPS) is 23.8. The first-order chi connectivity index (χ1) is 12.7. The molecule has 2 aliphatic rings. The molecule has 2 aromatic carbocycles. The van der Waals surface area contributed by atoms with Crippen molar-refractivity contribution in [2.45, 2.75) is 31.2 Å². The van der Waals surface area contributed by atoms with Crippen LogP contribution in [-0.4, -0.2) is 46.3 Å². The maximum atomic E-state index is 10.4. The van der Waals surface area contributed by atoms with Gasteiger partial charge in [0, 0.05) is 17.0 Å². The van der Waals surface area contributed by atoms with E-state index in [1.54, 1.807) is 6.07 Å². The lowest BCUT2D eigenvalue weighted by atomic mass is 9.87. The zero-order valence-corrected chi connectivity index (χ0v) is 15.7. The molecule has 2 heterocycles. The van der Waals surface area contributed by atoms with Gasteiger partial charge in [0.25, 0.3) is 0 Å². The van der Waals surface area contributed by atoms with Gasteiger partial charge in [0.2, 0.25) is 0 Å². The molecule has 0 bridgehead atoms. The molecule has 4 rings (SSSR count). The van der Waals surface area contributed by atoms with Crippen LogP contribution in [-0.2, 0) is 0 Å². The number of hydrogen-bond donors (Lipinski definition) is 1. The number of rotatable bonds is 4. The van der Waals surface area contributed by atoms with Crippen LogP contribution in [0.1, 0.15) is 36.3 Å². The lowest BCUT2D eigenvalue weighted by Crippen LogP contribution is -2.38. The Morgan fingerprint density at radius 1 is 0.962 bits per heavy atom. The highest BCUT2D eigenvalue weighted by Crippen LogP contribution is 2.35. The van der Waals surface area contributed by atoms with Crippen LogP contribution >= 0.6 is 12.2 Å². The fourth-order valence-electron chi connectivity index (χ4n) is 4.03. The predicted octanol–water partition coefficient (Wildman–Crippen LogP) is 4.20. The number of hydrogen-bond acceptors (Lipinski definition) is 4. The van der Waals surface area contributed by atoms with Gasteiger partial charge >= 0.3 is 0 Å². The summed E-state index contributed by atoms with van der Waals surface area (Å²) in [6.07, 6.45) is 3.85. The van der Waals surface area contributed by atoms with E-state index in [1.165, 1.54) is 19.3 Å². The fourth-order valence-corrected chi connectivity index (χ4v) is 4.41. The van der Waals surface area contributed by atoms with Gasteiger partial charge < -0.3 is 10.0 Å². The Morgan fingerprint density at radius 3 is 2.38 bits per heavy atom. The molecule has 3 nitrogen and oxygen atoms in total. The predicted molar refractivity (Wildman–Crippen MR) is 111 cm³/mol. The molecular formula is C22H24N2OS. The number of likely N-dealkylation sites (tertiary alicyclic amines) is 1. The molecule has 26 heavy (non-hydrogen) atoms. The van der Waals surface area contributed by atoms with E-state index in [9.17, 15) is 5.11 Å². The molecule has 1 N–H and O–H groups in total. The number of benzene rings is 2. The summed E-state index contributed by atoms with van der Waals surface area (Å²) < 4.78 is 0. The third-order valence-corrected chi connectivity index (χ3v) is 5.88. The molecule has 1 saturated heterocycles. The van der Waals surface area contributed by atoms with Gasteiger partial charge in [-0.15, -0.1) is 0 Å². The number of para-hydroxylation sites is 1. The molecule has 2 aromatic rings. The summed E-state index contributed by atoms with van der Waals surface area (Å²) in [6, 6.07) is 17.8. The molecule has 0 spiro atoms. The number of nitrogens with zero attached hydrogens (tertiary/aromatic N) is 2. The zero-order chi connectivity index (χ0) is 17.9. The van der Waals surface area contributed by atoms with Crippen molar-refractivity contribution in [1.29, 1.82) is 0 Å². The first-order valence-corrected chi connectivity index (χ1v) is 9.82. The summed E-state index contributed by atoms with van der Waals surface area (Å²) in [6.45, 7) is 3.16. The van der Waals surface area contributed by atoms with Crippen molar-refractivity contribution in [3.8, 4) is 5.75 Å². The minimum absolute atomic E-state index is 0.0166. The van der Waals surface area contributed by atoms with E-state index in [1.807, 2.05) is 36.4 Å². The Hall–Kier alpha value is -2.04. The van der Waals surface area contributed by atoms with Crippen LogP contribution < -0.4 is 0 Å². The van der Waals surface area contributed by atoms with Crippen LogP contribution in [0.25, 0.3) is 0 Å². The average molecular weight is 365 g/mol. The molecule has 0 amide bonds. The molecule has 0 aliphatic carbocycles. The molecular weight excluding hydrogens is 340 g/mol. The second kappa shape index (κ2) is 7.68. The molecule has 2 aliphatic heterocycles. The van der Waals surface area contributed by atoms with Crippen LogP contribution in [0.2, 0.25) is 0 Å². The van der Waals surface area contributed by atoms with Crippen molar-refractivity contribution in [3.05, 3.63) is 65.7 Å². The summed E-state index contributed by atoms with van der Waals surface area (Å²) in [5.41, 5.74) is 2.85. The summed E-state index contributed by atoms with van der Waals surface area (Å²) in [4.78, 5) is 8.48. The quantitative estimate of drug-likeness (QED) is 0.826. The number of phenolic OH excluding ortho intramolecular Hbond substituents is 1. The Labute approximate surface area is 160 Å². The minimum atomic E-state index is -0.0331. The van der Waals surface area contributed by atoms with E-state index >= 15 is 0 Å². The molecule has 2 atom stereocenters. The van der Waals surface area contributed by atoms with Gasteiger partial charge in [-0.05, 0) is 43.6 Å². The lowest BCUT2D eigenvalue weighted by Gasteiger charge is -2.28. The molecule has 0 unspecified atom stereocenters. The van der Waals surface area contributed by atoms with Gasteiger partial charge in [-0.2, -0.15) is 0 Å². The number of phenols is 1.